The van der Waals surface area contributed by atoms with E-state index in [1.165, 1.54) is 31.6 Å². The SMILES string of the molecule is COc1cccc(NC(=O)c2cncc(C(=O)Nc3ccc(F)c(F)c3)c2)c1. The molecule has 0 saturated carbocycles. The summed E-state index contributed by atoms with van der Waals surface area (Å²) in [6.45, 7) is 0. The molecule has 0 aliphatic carbocycles. The molecule has 2 aromatic carbocycles. The number of amides is 2. The number of methoxy groups -OCH3 is 1. The fourth-order valence-corrected chi connectivity index (χ4v) is 2.37. The van der Waals surface area contributed by atoms with Gasteiger partial charge in [-0.25, -0.2) is 8.78 Å². The number of anilines is 2. The molecule has 2 N–H and O–H groups in total. The van der Waals surface area contributed by atoms with Gasteiger partial charge in [-0.2, -0.15) is 0 Å². The van der Waals surface area contributed by atoms with Crippen LogP contribution in [-0.4, -0.2) is 23.9 Å². The van der Waals surface area contributed by atoms with Crippen LogP contribution in [0.5, 0.6) is 5.75 Å². The molecule has 0 atom stereocenters. The normalized spacial score (nSPS) is 10.2. The summed E-state index contributed by atoms with van der Waals surface area (Å²) >= 11 is 0. The maximum absolute atomic E-state index is 13.3. The maximum Gasteiger partial charge on any atom is 0.257 e. The minimum absolute atomic E-state index is 0.0788. The average Bonchev–Trinajstić information content (AvgIpc) is 2.71. The molecular formula is C20H15F2N3O3. The first-order valence-electron chi connectivity index (χ1n) is 8.13. The van der Waals surface area contributed by atoms with E-state index in [1.807, 2.05) is 0 Å². The zero-order chi connectivity index (χ0) is 20.1. The lowest BCUT2D eigenvalue weighted by atomic mass is 10.1. The lowest BCUT2D eigenvalue weighted by Crippen LogP contribution is -2.16. The summed E-state index contributed by atoms with van der Waals surface area (Å²) in [5.74, 6) is -2.61. The molecule has 2 amide bonds. The van der Waals surface area contributed by atoms with Gasteiger partial charge in [-0.15, -0.1) is 0 Å². The first-order chi connectivity index (χ1) is 13.5. The zero-order valence-corrected chi connectivity index (χ0v) is 14.7. The number of pyridine rings is 1. The Hall–Kier alpha value is -3.81. The van der Waals surface area contributed by atoms with Crippen molar-refractivity contribution in [2.45, 2.75) is 0 Å². The predicted molar refractivity (Wildman–Crippen MR) is 99.5 cm³/mol. The molecule has 0 aliphatic rings. The first-order valence-corrected chi connectivity index (χ1v) is 8.13. The van der Waals surface area contributed by atoms with Crippen LogP contribution in [0.25, 0.3) is 0 Å². The molecule has 28 heavy (non-hydrogen) atoms. The van der Waals surface area contributed by atoms with Crippen molar-refractivity contribution in [1.29, 1.82) is 0 Å². The summed E-state index contributed by atoms with van der Waals surface area (Å²) in [6, 6.07) is 11.1. The molecule has 6 nitrogen and oxygen atoms in total. The standard InChI is InChI=1S/C20H15F2N3O3/c1-28-16-4-2-3-14(8-16)24-19(26)12-7-13(11-23-10-12)20(27)25-15-5-6-17(21)18(22)9-15/h2-11H,1H3,(H,24,26)(H,25,27). The van der Waals surface area contributed by atoms with Crippen LogP contribution in [0.1, 0.15) is 20.7 Å². The summed E-state index contributed by atoms with van der Waals surface area (Å²) in [7, 11) is 1.51. The Morgan fingerprint density at radius 2 is 1.50 bits per heavy atom. The summed E-state index contributed by atoms with van der Waals surface area (Å²) in [4.78, 5) is 28.6. The lowest BCUT2D eigenvalue weighted by molar-refractivity contribution is 0.102. The molecule has 0 aliphatic heterocycles. The van der Waals surface area contributed by atoms with E-state index in [2.05, 4.69) is 15.6 Å². The van der Waals surface area contributed by atoms with E-state index in [9.17, 15) is 18.4 Å². The number of hydrogen-bond donors (Lipinski definition) is 2. The third kappa shape index (κ3) is 4.47. The van der Waals surface area contributed by atoms with E-state index in [0.717, 1.165) is 12.1 Å². The largest absolute Gasteiger partial charge is 0.497 e. The Kier molecular flexibility index (Phi) is 5.59. The second-order valence-electron chi connectivity index (χ2n) is 5.73. The van der Waals surface area contributed by atoms with Gasteiger partial charge in [0.05, 0.1) is 18.2 Å². The molecule has 0 fully saturated rings. The van der Waals surface area contributed by atoms with Crippen molar-refractivity contribution in [3.63, 3.8) is 0 Å². The Morgan fingerprint density at radius 1 is 0.857 bits per heavy atom. The minimum Gasteiger partial charge on any atom is -0.497 e. The van der Waals surface area contributed by atoms with Crippen LogP contribution in [-0.2, 0) is 0 Å². The lowest BCUT2D eigenvalue weighted by Gasteiger charge is -2.09. The van der Waals surface area contributed by atoms with E-state index in [0.29, 0.717) is 11.4 Å². The van der Waals surface area contributed by atoms with Gasteiger partial charge in [0.15, 0.2) is 11.6 Å². The Balaban J connectivity index is 1.74. The fraction of sp³-hybridized carbons (Fsp3) is 0.0500. The summed E-state index contributed by atoms with van der Waals surface area (Å²) in [6.07, 6.45) is 2.57. The molecule has 3 aromatic rings. The summed E-state index contributed by atoms with van der Waals surface area (Å²) in [5.41, 5.74) is 0.833. The van der Waals surface area contributed by atoms with Crippen molar-refractivity contribution in [2.24, 2.45) is 0 Å². The maximum atomic E-state index is 13.3. The van der Waals surface area contributed by atoms with E-state index < -0.39 is 23.4 Å². The number of hydrogen-bond acceptors (Lipinski definition) is 4. The number of benzene rings is 2. The molecule has 0 bridgehead atoms. The minimum atomic E-state index is -1.08. The summed E-state index contributed by atoms with van der Waals surface area (Å²) < 4.78 is 31.3. The average molecular weight is 383 g/mol. The predicted octanol–water partition coefficient (Wildman–Crippen LogP) is 3.87. The van der Waals surface area contributed by atoms with Crippen molar-refractivity contribution in [3.8, 4) is 5.75 Å². The van der Waals surface area contributed by atoms with Gasteiger partial charge >= 0.3 is 0 Å². The molecule has 1 aromatic heterocycles. The smallest absolute Gasteiger partial charge is 0.257 e. The molecule has 3 rings (SSSR count). The van der Waals surface area contributed by atoms with Crippen LogP contribution in [0.3, 0.4) is 0 Å². The Bertz CT molecular complexity index is 1040. The van der Waals surface area contributed by atoms with E-state index in [1.54, 1.807) is 24.3 Å². The van der Waals surface area contributed by atoms with E-state index >= 15 is 0 Å². The van der Waals surface area contributed by atoms with Crippen molar-refractivity contribution >= 4 is 23.2 Å². The highest BCUT2D eigenvalue weighted by molar-refractivity contribution is 6.08. The number of aromatic nitrogens is 1. The van der Waals surface area contributed by atoms with Crippen LogP contribution in [0.2, 0.25) is 0 Å². The topological polar surface area (TPSA) is 80.3 Å². The third-order valence-corrected chi connectivity index (χ3v) is 3.77. The molecule has 0 unspecified atom stereocenters. The third-order valence-electron chi connectivity index (χ3n) is 3.77. The van der Waals surface area contributed by atoms with Crippen LogP contribution in [0, 0.1) is 11.6 Å². The van der Waals surface area contributed by atoms with E-state index in [-0.39, 0.29) is 16.8 Å². The second-order valence-corrected chi connectivity index (χ2v) is 5.73. The number of rotatable bonds is 5. The number of carbonyl (C=O) groups is 2. The molecule has 8 heteroatoms. The molecule has 142 valence electrons. The van der Waals surface area contributed by atoms with Crippen LogP contribution >= 0.6 is 0 Å². The van der Waals surface area contributed by atoms with Crippen molar-refractivity contribution < 1.29 is 23.1 Å². The van der Waals surface area contributed by atoms with Crippen LogP contribution in [0.4, 0.5) is 20.2 Å². The fourth-order valence-electron chi connectivity index (χ4n) is 2.37. The molecular weight excluding hydrogens is 368 g/mol. The van der Waals surface area contributed by atoms with Crippen molar-refractivity contribution in [2.75, 3.05) is 17.7 Å². The van der Waals surface area contributed by atoms with E-state index in [4.69, 9.17) is 4.74 Å². The van der Waals surface area contributed by atoms with Gasteiger partial charge in [0, 0.05) is 35.9 Å². The zero-order valence-electron chi connectivity index (χ0n) is 14.7. The monoisotopic (exact) mass is 383 g/mol. The highest BCUT2D eigenvalue weighted by Crippen LogP contribution is 2.18. The van der Waals surface area contributed by atoms with Gasteiger partial charge in [0.25, 0.3) is 11.8 Å². The van der Waals surface area contributed by atoms with Gasteiger partial charge in [-0.1, -0.05) is 6.07 Å². The number of halogens is 2. The van der Waals surface area contributed by atoms with Crippen LogP contribution in [0.15, 0.2) is 60.9 Å². The highest BCUT2D eigenvalue weighted by atomic mass is 19.2. The van der Waals surface area contributed by atoms with Crippen molar-refractivity contribution in [1.82, 2.24) is 4.98 Å². The molecule has 0 spiro atoms. The van der Waals surface area contributed by atoms with Crippen molar-refractivity contribution in [3.05, 3.63) is 83.7 Å². The Morgan fingerprint density at radius 3 is 2.11 bits per heavy atom. The van der Waals surface area contributed by atoms with Crippen LogP contribution < -0.4 is 15.4 Å². The number of carbonyl (C=O) groups excluding carboxylic acids is 2. The molecule has 0 saturated heterocycles. The highest BCUT2D eigenvalue weighted by Gasteiger charge is 2.13. The van der Waals surface area contributed by atoms with Gasteiger partial charge in [0.2, 0.25) is 0 Å². The van der Waals surface area contributed by atoms with Gasteiger partial charge < -0.3 is 15.4 Å². The van der Waals surface area contributed by atoms with Gasteiger partial charge in [-0.05, 0) is 30.3 Å². The van der Waals surface area contributed by atoms with Gasteiger partial charge in [-0.3, -0.25) is 14.6 Å². The number of nitrogens with one attached hydrogen (secondary N) is 2. The molecule has 0 radical (unpaired) electrons. The molecule has 1 heterocycles. The first kappa shape index (κ1) is 19.0. The number of nitrogens with zero attached hydrogens (tertiary/aromatic N) is 1. The second kappa shape index (κ2) is 8.26. The Labute approximate surface area is 159 Å². The summed E-state index contributed by atoms with van der Waals surface area (Å²) in [5, 5.41) is 5.10. The number of ether oxygens (including phenoxy) is 1. The quantitative estimate of drug-likeness (QED) is 0.701. The van der Waals surface area contributed by atoms with Gasteiger partial charge in [0.1, 0.15) is 5.75 Å².